The Labute approximate surface area is 115 Å². The van der Waals surface area contributed by atoms with Gasteiger partial charge in [-0.25, -0.2) is 0 Å². The fourth-order valence-electron chi connectivity index (χ4n) is 2.59. The number of likely N-dealkylation sites (tertiary alicyclic amines) is 1. The van der Waals surface area contributed by atoms with Gasteiger partial charge in [0.05, 0.1) is 13.3 Å². The van der Waals surface area contributed by atoms with E-state index in [4.69, 9.17) is 17.4 Å². The Hall–Kier alpha value is 0.580. The fourth-order valence-corrected chi connectivity index (χ4v) is 3.36. The molecule has 2 aliphatic heterocycles. The molecule has 5 heteroatoms. The molecular formula is C12H24N2OS2. The molecule has 2 atom stereocenters. The second-order valence-electron chi connectivity index (χ2n) is 5.36. The summed E-state index contributed by atoms with van der Waals surface area (Å²) in [6.45, 7) is 5.77. The monoisotopic (exact) mass is 276 g/mol. The summed E-state index contributed by atoms with van der Waals surface area (Å²) >= 11 is 9.28. The molecule has 2 heterocycles. The molecule has 0 saturated carbocycles. The van der Waals surface area contributed by atoms with Crippen LogP contribution in [0.25, 0.3) is 0 Å². The maximum absolute atomic E-state index is 5.84. The van der Waals surface area contributed by atoms with E-state index in [1.165, 1.54) is 19.3 Å². The van der Waals surface area contributed by atoms with Gasteiger partial charge in [-0.2, -0.15) is 25.3 Å². The van der Waals surface area contributed by atoms with Crippen molar-refractivity contribution in [3.63, 3.8) is 0 Å². The van der Waals surface area contributed by atoms with Gasteiger partial charge in [0.1, 0.15) is 0 Å². The van der Waals surface area contributed by atoms with Crippen molar-refractivity contribution in [2.24, 2.45) is 0 Å². The molecule has 0 bridgehead atoms. The summed E-state index contributed by atoms with van der Waals surface area (Å²) in [4.78, 5) is 2.36. The van der Waals surface area contributed by atoms with E-state index in [1.807, 2.05) is 0 Å². The number of nitrogens with one attached hydrogen (secondary N) is 1. The van der Waals surface area contributed by atoms with Gasteiger partial charge in [-0.1, -0.05) is 0 Å². The summed E-state index contributed by atoms with van der Waals surface area (Å²) in [6, 6.07) is 0. The van der Waals surface area contributed by atoms with Crippen LogP contribution in [0.1, 0.15) is 25.7 Å². The summed E-state index contributed by atoms with van der Waals surface area (Å²) in [7, 11) is 0. The number of rotatable bonds is 4. The number of hydrogen-bond donors (Lipinski definition) is 3. The van der Waals surface area contributed by atoms with E-state index in [0.717, 1.165) is 45.9 Å². The van der Waals surface area contributed by atoms with Crippen molar-refractivity contribution in [1.29, 1.82) is 0 Å². The van der Waals surface area contributed by atoms with Crippen molar-refractivity contribution in [3.05, 3.63) is 0 Å². The van der Waals surface area contributed by atoms with Crippen LogP contribution < -0.4 is 5.32 Å². The van der Waals surface area contributed by atoms with Gasteiger partial charge >= 0.3 is 0 Å². The second kappa shape index (κ2) is 6.66. The average Bonchev–Trinajstić information content (AvgIpc) is 2.30. The lowest BCUT2D eigenvalue weighted by molar-refractivity contribution is 0.00741. The van der Waals surface area contributed by atoms with Gasteiger partial charge in [0, 0.05) is 29.6 Å². The zero-order valence-corrected chi connectivity index (χ0v) is 12.2. The maximum Gasteiger partial charge on any atom is 0.0991 e. The van der Waals surface area contributed by atoms with Crippen molar-refractivity contribution in [1.82, 2.24) is 10.2 Å². The number of nitrogens with zero attached hydrogens (tertiary/aromatic N) is 1. The van der Waals surface area contributed by atoms with Crippen LogP contribution in [0.15, 0.2) is 0 Å². The molecule has 0 aromatic carbocycles. The Balaban J connectivity index is 1.64. The molecule has 1 N–H and O–H groups in total. The zero-order chi connectivity index (χ0) is 12.1. The summed E-state index contributed by atoms with van der Waals surface area (Å²) < 4.78 is 5.88. The molecule has 0 radical (unpaired) electrons. The second-order valence-corrected chi connectivity index (χ2v) is 7.03. The van der Waals surface area contributed by atoms with E-state index in [-0.39, 0.29) is 4.75 Å². The van der Waals surface area contributed by atoms with Crippen molar-refractivity contribution in [2.75, 3.05) is 39.5 Å². The predicted octanol–water partition coefficient (Wildman–Crippen LogP) is 1.41. The highest BCUT2D eigenvalue weighted by Crippen LogP contribution is 2.24. The topological polar surface area (TPSA) is 24.5 Å². The van der Waals surface area contributed by atoms with Crippen LogP contribution >= 0.6 is 25.3 Å². The fraction of sp³-hybridized carbons (Fsp3) is 1.00. The van der Waals surface area contributed by atoms with Crippen molar-refractivity contribution in [2.45, 2.75) is 35.7 Å². The smallest absolute Gasteiger partial charge is 0.0991 e. The van der Waals surface area contributed by atoms with Crippen molar-refractivity contribution < 1.29 is 4.74 Å². The van der Waals surface area contributed by atoms with E-state index < -0.39 is 0 Å². The molecule has 0 aliphatic carbocycles. The lowest BCUT2D eigenvalue weighted by atomic mass is 10.00. The van der Waals surface area contributed by atoms with Gasteiger partial charge in [0.2, 0.25) is 0 Å². The van der Waals surface area contributed by atoms with E-state index in [0.29, 0.717) is 5.25 Å². The molecule has 0 amide bonds. The average molecular weight is 276 g/mol. The predicted molar refractivity (Wildman–Crippen MR) is 78.2 cm³/mol. The third-order valence-corrected chi connectivity index (χ3v) is 4.51. The van der Waals surface area contributed by atoms with Crippen LogP contribution in [0.5, 0.6) is 0 Å². The summed E-state index contributed by atoms with van der Waals surface area (Å²) in [5.41, 5.74) is 0. The lowest BCUT2D eigenvalue weighted by Gasteiger charge is -2.35. The first-order valence-corrected chi connectivity index (χ1v) is 7.56. The van der Waals surface area contributed by atoms with E-state index in [2.05, 4.69) is 22.8 Å². The number of piperidine rings is 2. The Morgan fingerprint density at radius 2 is 2.29 bits per heavy atom. The SMILES string of the molecule is S[C@@H]1CCCN(COCC2(S)CCCNC2)C1. The third-order valence-electron chi connectivity index (χ3n) is 3.57. The maximum atomic E-state index is 5.84. The van der Waals surface area contributed by atoms with Crippen LogP contribution in [0, 0.1) is 0 Å². The Bertz CT molecular complexity index is 235. The molecule has 0 spiro atoms. The van der Waals surface area contributed by atoms with Gasteiger partial charge < -0.3 is 10.1 Å². The van der Waals surface area contributed by atoms with Crippen molar-refractivity contribution in [3.8, 4) is 0 Å². The van der Waals surface area contributed by atoms with Crippen LogP contribution in [0.2, 0.25) is 0 Å². The standard InChI is InChI=1S/C12H24N2OS2/c16-11-3-1-6-14(7-11)10-15-9-12(17)4-2-5-13-8-12/h11,13,16-17H,1-10H2/t11-,12?/m1/s1. The van der Waals surface area contributed by atoms with Gasteiger partial charge in [-0.3, -0.25) is 4.90 Å². The van der Waals surface area contributed by atoms with Crippen LogP contribution in [0.3, 0.4) is 0 Å². The highest BCUT2D eigenvalue weighted by Gasteiger charge is 2.28. The van der Waals surface area contributed by atoms with Gasteiger partial charge in [-0.15, -0.1) is 0 Å². The number of hydrogen-bond acceptors (Lipinski definition) is 5. The first-order chi connectivity index (χ1) is 8.18. The largest absolute Gasteiger partial charge is 0.365 e. The molecule has 17 heavy (non-hydrogen) atoms. The summed E-state index contributed by atoms with van der Waals surface area (Å²) in [5, 5.41) is 3.91. The quantitative estimate of drug-likeness (QED) is 0.677. The van der Waals surface area contributed by atoms with E-state index >= 15 is 0 Å². The van der Waals surface area contributed by atoms with Crippen LogP contribution in [-0.2, 0) is 4.74 Å². The van der Waals surface area contributed by atoms with Gasteiger partial charge in [0.25, 0.3) is 0 Å². The van der Waals surface area contributed by atoms with Crippen LogP contribution in [-0.4, -0.2) is 54.4 Å². The highest BCUT2D eigenvalue weighted by molar-refractivity contribution is 7.81. The zero-order valence-electron chi connectivity index (χ0n) is 10.4. The molecule has 3 nitrogen and oxygen atoms in total. The molecule has 0 aromatic rings. The minimum Gasteiger partial charge on any atom is -0.365 e. The molecule has 0 aromatic heterocycles. The van der Waals surface area contributed by atoms with Crippen molar-refractivity contribution >= 4 is 25.3 Å². The molecule has 1 unspecified atom stereocenters. The minimum atomic E-state index is 0.0361. The minimum absolute atomic E-state index is 0.0361. The molecular weight excluding hydrogens is 252 g/mol. The van der Waals surface area contributed by atoms with Crippen LogP contribution in [0.4, 0.5) is 0 Å². The Morgan fingerprint density at radius 1 is 1.41 bits per heavy atom. The van der Waals surface area contributed by atoms with E-state index in [1.54, 1.807) is 0 Å². The van der Waals surface area contributed by atoms with Gasteiger partial charge in [-0.05, 0) is 32.2 Å². The molecule has 100 valence electrons. The molecule has 2 fully saturated rings. The first kappa shape index (κ1) is 14.0. The molecule has 2 aliphatic rings. The molecule has 2 saturated heterocycles. The number of thiol groups is 2. The van der Waals surface area contributed by atoms with E-state index in [9.17, 15) is 0 Å². The first-order valence-electron chi connectivity index (χ1n) is 6.59. The highest BCUT2D eigenvalue weighted by atomic mass is 32.1. The normalized spacial score (nSPS) is 36.0. The Morgan fingerprint density at radius 3 is 3.00 bits per heavy atom. The number of ether oxygens (including phenoxy) is 1. The Kier molecular flexibility index (Phi) is 5.49. The summed E-state index contributed by atoms with van der Waals surface area (Å²) in [5.74, 6) is 0. The third kappa shape index (κ3) is 4.63. The summed E-state index contributed by atoms with van der Waals surface area (Å²) in [6.07, 6.45) is 4.83. The van der Waals surface area contributed by atoms with Gasteiger partial charge in [0.15, 0.2) is 0 Å². The lowest BCUT2D eigenvalue weighted by Crippen LogP contribution is -2.46. The molecule has 2 rings (SSSR count).